The van der Waals surface area contributed by atoms with Crippen LogP contribution in [0.5, 0.6) is 0 Å². The quantitative estimate of drug-likeness (QED) is 0.504. The largest absolute Gasteiger partial charge is 0.245 e. The molecule has 0 fully saturated rings. The van der Waals surface area contributed by atoms with Crippen LogP contribution in [-0.2, 0) is 21.1 Å². The van der Waals surface area contributed by atoms with Gasteiger partial charge in [0.1, 0.15) is 0 Å². The van der Waals surface area contributed by atoms with Crippen molar-refractivity contribution in [1.29, 1.82) is 0 Å². The summed E-state index contributed by atoms with van der Waals surface area (Å²) in [6, 6.07) is 0. The van der Waals surface area contributed by atoms with Crippen molar-refractivity contribution in [3.63, 3.8) is 0 Å². The molecule has 0 bridgehead atoms. The van der Waals surface area contributed by atoms with E-state index in [-0.39, 0.29) is 21.1 Å². The minimum Gasteiger partial charge on any atom is -0.245 e. The molecule has 0 rings (SSSR count). The van der Waals surface area contributed by atoms with Gasteiger partial charge >= 0.3 is 0 Å². The van der Waals surface area contributed by atoms with Crippen molar-refractivity contribution in [1.82, 2.24) is 0 Å². The van der Waals surface area contributed by atoms with E-state index >= 15 is 0 Å². The first-order valence-corrected chi connectivity index (χ1v) is 1.32. The summed E-state index contributed by atoms with van der Waals surface area (Å²) in [5.74, 6) is 0. The second-order valence-corrected chi connectivity index (χ2v) is 0.609. The number of rotatable bonds is 1. The Hall–Kier alpha value is 0.0283. The molecule has 0 aromatic heterocycles. The van der Waals surface area contributed by atoms with Crippen molar-refractivity contribution < 1.29 is 29.8 Å². The van der Waals surface area contributed by atoms with Gasteiger partial charge < -0.3 is 0 Å². The van der Waals surface area contributed by atoms with Crippen LogP contribution >= 0.6 is 0 Å². The van der Waals surface area contributed by atoms with Gasteiger partial charge in [-0.1, -0.05) is 0 Å². The molecule has 0 unspecified atom stereocenters. The van der Waals surface area contributed by atoms with Crippen LogP contribution in [0.15, 0.2) is 18.7 Å². The normalized spacial score (nSPS) is 6.00. The number of halogens is 2. The topological polar surface area (TPSA) is 0 Å². The van der Waals surface area contributed by atoms with Crippen LogP contribution in [-0.4, -0.2) is 0 Å². The van der Waals surface area contributed by atoms with Crippen LogP contribution in [0.25, 0.3) is 0 Å². The van der Waals surface area contributed by atoms with E-state index in [1.807, 2.05) is 0 Å². The molecule has 0 aliphatic carbocycles. The number of hydrogen-bond acceptors (Lipinski definition) is 0. The Kier molecular flexibility index (Phi) is 8.70. The first-order valence-electron chi connectivity index (χ1n) is 1.32. The summed E-state index contributed by atoms with van der Waals surface area (Å²) in [5, 5.41) is 0. The maximum Gasteiger partial charge on any atom is 0.182 e. The van der Waals surface area contributed by atoms with Gasteiger partial charge in [0.2, 0.25) is 0 Å². The predicted octanol–water partition coefficient (Wildman–Crippen LogP) is 1.75. The van der Waals surface area contributed by atoms with Crippen molar-refractivity contribution in [2.24, 2.45) is 0 Å². The first kappa shape index (κ1) is 10.1. The molecule has 0 atom stereocenters. The second-order valence-electron chi connectivity index (χ2n) is 0.609. The van der Waals surface area contributed by atoms with Crippen LogP contribution in [0.3, 0.4) is 0 Å². The summed E-state index contributed by atoms with van der Waals surface area (Å²) in [7, 11) is 0. The van der Waals surface area contributed by atoms with Gasteiger partial charge in [0.05, 0.1) is 0 Å². The molecule has 3 heteroatoms. The molecular formula is C4H3F2W-. The zero-order valence-electron chi connectivity index (χ0n) is 3.45. The van der Waals surface area contributed by atoms with E-state index in [4.69, 9.17) is 0 Å². The van der Waals surface area contributed by atoms with Crippen LogP contribution in [0.4, 0.5) is 8.78 Å². The Morgan fingerprint density at radius 3 is 2.00 bits per heavy atom. The van der Waals surface area contributed by atoms with E-state index in [1.54, 1.807) is 6.08 Å². The Bertz CT molecular complexity index is 73.8. The molecule has 0 amide bonds. The van der Waals surface area contributed by atoms with Gasteiger partial charge in [-0.25, -0.2) is 12.7 Å². The fourth-order valence-electron chi connectivity index (χ4n) is 0.0772. The maximum absolute atomic E-state index is 10.8. The minimum atomic E-state index is -1.83. The van der Waals surface area contributed by atoms with Gasteiger partial charge in [0.25, 0.3) is 0 Å². The van der Waals surface area contributed by atoms with Gasteiger partial charge in [0, 0.05) is 21.1 Å². The van der Waals surface area contributed by atoms with Gasteiger partial charge in [0.15, 0.2) is 6.08 Å². The molecule has 0 saturated carbocycles. The van der Waals surface area contributed by atoms with Crippen molar-refractivity contribution >= 4 is 0 Å². The summed E-state index contributed by atoms with van der Waals surface area (Å²) >= 11 is 0. The van der Waals surface area contributed by atoms with Crippen molar-refractivity contribution in [2.45, 2.75) is 0 Å². The molecule has 40 valence electrons. The fraction of sp³-hybridized carbons (Fsp3) is 0. The van der Waals surface area contributed by atoms with Crippen LogP contribution in [0.1, 0.15) is 0 Å². The van der Waals surface area contributed by atoms with Gasteiger partial charge in [-0.05, 0) is 0 Å². The molecule has 0 aromatic carbocycles. The summed E-state index contributed by atoms with van der Waals surface area (Å²) in [6.45, 7) is 2.99. The average molecular weight is 273 g/mol. The SMILES string of the molecule is C=C[C-]=C(F)F.[W]. The zero-order valence-corrected chi connectivity index (χ0v) is 6.38. The molecule has 0 saturated heterocycles. The molecule has 7 heavy (non-hydrogen) atoms. The molecule has 0 aliphatic heterocycles. The summed E-state index contributed by atoms with van der Waals surface area (Å²) in [4.78, 5) is 0. The molecule has 0 heterocycles. The Labute approximate surface area is 55.2 Å². The van der Waals surface area contributed by atoms with Gasteiger partial charge in [-0.15, -0.1) is 0 Å². The molecular weight excluding hydrogens is 270 g/mol. The zero-order chi connectivity index (χ0) is 4.99. The Morgan fingerprint density at radius 1 is 1.57 bits per heavy atom. The fourth-order valence-corrected chi connectivity index (χ4v) is 0.0772. The summed E-state index contributed by atoms with van der Waals surface area (Å²) < 4.78 is 21.5. The molecule has 0 spiro atoms. The third kappa shape index (κ3) is 10.7. The molecule has 0 radical (unpaired) electrons. The third-order valence-corrected chi connectivity index (χ3v) is 0.211. The van der Waals surface area contributed by atoms with Gasteiger partial charge in [-0.2, -0.15) is 14.9 Å². The molecule has 0 N–H and O–H groups in total. The van der Waals surface area contributed by atoms with Crippen LogP contribution in [0.2, 0.25) is 0 Å². The average Bonchev–Trinajstić information content (AvgIpc) is 1.35. The predicted molar refractivity (Wildman–Crippen MR) is 19.2 cm³/mol. The number of hydrogen-bond donors (Lipinski definition) is 0. The van der Waals surface area contributed by atoms with Gasteiger partial charge in [-0.3, -0.25) is 0 Å². The van der Waals surface area contributed by atoms with E-state index in [0.29, 0.717) is 0 Å². The molecule has 0 aliphatic rings. The van der Waals surface area contributed by atoms with E-state index in [0.717, 1.165) is 6.08 Å². The summed E-state index contributed by atoms with van der Waals surface area (Å²) in [5.41, 5.74) is 0. The number of allylic oxidation sites excluding steroid dienone is 2. The maximum atomic E-state index is 10.8. The van der Waals surface area contributed by atoms with E-state index in [1.165, 1.54) is 0 Å². The Balaban J connectivity index is 0. The van der Waals surface area contributed by atoms with Crippen molar-refractivity contribution in [3.05, 3.63) is 24.8 Å². The smallest absolute Gasteiger partial charge is 0.182 e. The van der Waals surface area contributed by atoms with E-state index in [9.17, 15) is 8.78 Å². The molecule has 0 nitrogen and oxygen atoms in total. The monoisotopic (exact) mass is 273 g/mol. The minimum absolute atomic E-state index is 0. The Morgan fingerprint density at radius 2 is 2.00 bits per heavy atom. The van der Waals surface area contributed by atoms with Crippen molar-refractivity contribution in [3.8, 4) is 0 Å². The second kappa shape index (κ2) is 6.03. The van der Waals surface area contributed by atoms with E-state index in [2.05, 4.69) is 6.58 Å². The van der Waals surface area contributed by atoms with Crippen LogP contribution < -0.4 is 0 Å². The van der Waals surface area contributed by atoms with Crippen molar-refractivity contribution in [2.75, 3.05) is 0 Å². The standard InChI is InChI=1S/C4H3F2.W/c1-2-3-4(5)6;/h2H,1H2;/q-1;. The third-order valence-electron chi connectivity index (χ3n) is 0.211. The van der Waals surface area contributed by atoms with E-state index < -0.39 is 6.08 Å². The summed E-state index contributed by atoms with van der Waals surface area (Å²) in [6.07, 6.45) is 0.639. The van der Waals surface area contributed by atoms with Crippen LogP contribution in [0, 0.1) is 6.08 Å². The first-order chi connectivity index (χ1) is 2.77. The molecule has 0 aromatic rings.